The third-order valence-electron chi connectivity index (χ3n) is 3.14. The summed E-state index contributed by atoms with van der Waals surface area (Å²) in [6.45, 7) is 2.40. The van der Waals surface area contributed by atoms with Crippen molar-refractivity contribution in [3.05, 3.63) is 29.3 Å². The van der Waals surface area contributed by atoms with Crippen molar-refractivity contribution in [1.29, 1.82) is 0 Å². The fourth-order valence-corrected chi connectivity index (χ4v) is 2.04. The minimum absolute atomic E-state index is 0.117. The minimum atomic E-state index is -0.299. The van der Waals surface area contributed by atoms with Gasteiger partial charge in [0.25, 0.3) is 0 Å². The number of nitrogens with zero attached hydrogens (tertiary/aromatic N) is 2. The van der Waals surface area contributed by atoms with Gasteiger partial charge >= 0.3 is 6.03 Å². The predicted octanol–water partition coefficient (Wildman–Crippen LogP) is 1.08. The first-order chi connectivity index (χ1) is 9.52. The van der Waals surface area contributed by atoms with E-state index in [-0.39, 0.29) is 31.6 Å². The molecule has 106 valence electrons. The van der Waals surface area contributed by atoms with Gasteiger partial charge < -0.3 is 9.64 Å². The summed E-state index contributed by atoms with van der Waals surface area (Å²) in [4.78, 5) is 36.4. The molecule has 0 saturated carbocycles. The average molecular weight is 276 g/mol. The van der Waals surface area contributed by atoms with Gasteiger partial charge in [-0.1, -0.05) is 0 Å². The maximum atomic E-state index is 11.6. The van der Waals surface area contributed by atoms with Crippen LogP contribution in [0.3, 0.4) is 0 Å². The summed E-state index contributed by atoms with van der Waals surface area (Å²) in [5, 5.41) is 0. The first-order valence-electron chi connectivity index (χ1n) is 6.27. The molecule has 3 amide bonds. The van der Waals surface area contributed by atoms with Crippen LogP contribution in [0.2, 0.25) is 0 Å². The van der Waals surface area contributed by atoms with Crippen LogP contribution in [0.15, 0.2) is 18.2 Å². The van der Waals surface area contributed by atoms with Crippen molar-refractivity contribution in [2.75, 3.05) is 26.7 Å². The Bertz CT molecular complexity index is 556. The molecule has 20 heavy (non-hydrogen) atoms. The summed E-state index contributed by atoms with van der Waals surface area (Å²) in [6.07, 6.45) is 0.772. The van der Waals surface area contributed by atoms with Crippen molar-refractivity contribution in [2.24, 2.45) is 0 Å². The summed E-state index contributed by atoms with van der Waals surface area (Å²) in [6, 6.07) is 4.79. The number of rotatable bonds is 5. The van der Waals surface area contributed by atoms with Crippen LogP contribution in [0, 0.1) is 6.92 Å². The Balaban J connectivity index is 1.92. The van der Waals surface area contributed by atoms with Crippen molar-refractivity contribution in [2.45, 2.75) is 6.92 Å². The number of carbonyl (C=O) groups is 3. The van der Waals surface area contributed by atoms with Crippen LogP contribution in [0.4, 0.5) is 4.79 Å². The molecule has 1 aliphatic rings. The van der Waals surface area contributed by atoms with Crippen molar-refractivity contribution in [3.8, 4) is 5.75 Å². The SMILES string of the molecule is Cc1cc(C=O)ccc1OCCN1C(=O)CN(C)C1=O. The van der Waals surface area contributed by atoms with Gasteiger partial charge in [-0.3, -0.25) is 14.5 Å². The standard InChI is InChI=1S/C14H16N2O4/c1-10-7-11(9-17)3-4-12(10)20-6-5-16-13(18)8-15(2)14(16)19/h3-4,7,9H,5-6,8H2,1-2H3. The molecule has 6 nitrogen and oxygen atoms in total. The molecule has 0 bridgehead atoms. The lowest BCUT2D eigenvalue weighted by atomic mass is 10.1. The normalized spacial score (nSPS) is 14.9. The van der Waals surface area contributed by atoms with Gasteiger partial charge in [-0.2, -0.15) is 0 Å². The highest BCUT2D eigenvalue weighted by atomic mass is 16.5. The van der Waals surface area contributed by atoms with E-state index in [1.54, 1.807) is 25.2 Å². The van der Waals surface area contributed by atoms with E-state index in [1.807, 2.05) is 6.92 Å². The van der Waals surface area contributed by atoms with Crippen molar-refractivity contribution >= 4 is 18.2 Å². The molecule has 0 spiro atoms. The molecular weight excluding hydrogens is 260 g/mol. The highest BCUT2D eigenvalue weighted by Crippen LogP contribution is 2.18. The summed E-state index contributed by atoms with van der Waals surface area (Å²) in [7, 11) is 1.59. The molecule has 0 radical (unpaired) electrons. The minimum Gasteiger partial charge on any atom is -0.491 e. The molecule has 1 aliphatic heterocycles. The third-order valence-corrected chi connectivity index (χ3v) is 3.14. The summed E-state index contributed by atoms with van der Waals surface area (Å²) in [5.74, 6) is 0.428. The summed E-state index contributed by atoms with van der Waals surface area (Å²) < 4.78 is 5.55. The largest absolute Gasteiger partial charge is 0.491 e. The van der Waals surface area contributed by atoms with E-state index in [9.17, 15) is 14.4 Å². The van der Waals surface area contributed by atoms with Gasteiger partial charge in [0.2, 0.25) is 5.91 Å². The Labute approximate surface area is 116 Å². The number of imide groups is 1. The quantitative estimate of drug-likeness (QED) is 0.596. The van der Waals surface area contributed by atoms with Crippen LogP contribution in [0.25, 0.3) is 0 Å². The maximum absolute atomic E-state index is 11.6. The number of aryl methyl sites for hydroxylation is 1. The van der Waals surface area contributed by atoms with Gasteiger partial charge in [0.1, 0.15) is 25.2 Å². The van der Waals surface area contributed by atoms with Gasteiger partial charge in [0.05, 0.1) is 6.54 Å². The van der Waals surface area contributed by atoms with E-state index in [0.717, 1.165) is 11.8 Å². The second-order valence-electron chi connectivity index (χ2n) is 4.68. The number of benzene rings is 1. The van der Waals surface area contributed by atoms with Crippen LogP contribution in [-0.4, -0.2) is 54.8 Å². The number of hydrogen-bond acceptors (Lipinski definition) is 4. The first-order valence-corrected chi connectivity index (χ1v) is 6.27. The molecule has 1 aromatic carbocycles. The lowest BCUT2D eigenvalue weighted by Crippen LogP contribution is -2.35. The second kappa shape index (κ2) is 5.73. The van der Waals surface area contributed by atoms with E-state index in [0.29, 0.717) is 11.3 Å². The number of aldehydes is 1. The molecule has 0 N–H and O–H groups in total. The van der Waals surface area contributed by atoms with E-state index < -0.39 is 0 Å². The number of urea groups is 1. The molecule has 2 rings (SSSR count). The van der Waals surface area contributed by atoms with Gasteiger partial charge in [-0.05, 0) is 30.7 Å². The van der Waals surface area contributed by atoms with E-state index in [2.05, 4.69) is 0 Å². The zero-order valence-electron chi connectivity index (χ0n) is 11.5. The Hall–Kier alpha value is -2.37. The molecule has 6 heteroatoms. The van der Waals surface area contributed by atoms with Crippen LogP contribution < -0.4 is 4.74 Å². The van der Waals surface area contributed by atoms with Crippen molar-refractivity contribution in [3.63, 3.8) is 0 Å². The Morgan fingerprint density at radius 2 is 2.10 bits per heavy atom. The molecule has 0 unspecified atom stereocenters. The second-order valence-corrected chi connectivity index (χ2v) is 4.68. The van der Waals surface area contributed by atoms with E-state index in [4.69, 9.17) is 4.74 Å². The Morgan fingerprint density at radius 1 is 1.35 bits per heavy atom. The highest BCUT2D eigenvalue weighted by Gasteiger charge is 2.33. The maximum Gasteiger partial charge on any atom is 0.327 e. The van der Waals surface area contributed by atoms with Gasteiger partial charge in [0.15, 0.2) is 0 Å². The smallest absolute Gasteiger partial charge is 0.327 e. The number of amides is 3. The molecule has 1 saturated heterocycles. The Morgan fingerprint density at radius 3 is 2.65 bits per heavy atom. The average Bonchev–Trinajstić information content (AvgIpc) is 2.66. The number of ether oxygens (including phenoxy) is 1. The number of hydrogen-bond donors (Lipinski definition) is 0. The van der Waals surface area contributed by atoms with Crippen LogP contribution in [-0.2, 0) is 4.79 Å². The van der Waals surface area contributed by atoms with Crippen LogP contribution in [0.5, 0.6) is 5.75 Å². The van der Waals surface area contributed by atoms with Crippen molar-refractivity contribution < 1.29 is 19.1 Å². The predicted molar refractivity (Wildman–Crippen MR) is 71.8 cm³/mol. The fourth-order valence-electron chi connectivity index (χ4n) is 2.04. The molecule has 0 aliphatic carbocycles. The highest BCUT2D eigenvalue weighted by molar-refractivity contribution is 6.01. The van der Waals surface area contributed by atoms with E-state index >= 15 is 0 Å². The van der Waals surface area contributed by atoms with Crippen LogP contribution in [0.1, 0.15) is 15.9 Å². The lowest BCUT2D eigenvalue weighted by molar-refractivity contribution is -0.125. The lowest BCUT2D eigenvalue weighted by Gasteiger charge is -2.15. The molecule has 1 fully saturated rings. The van der Waals surface area contributed by atoms with E-state index in [1.165, 1.54) is 9.80 Å². The van der Waals surface area contributed by atoms with Gasteiger partial charge in [0, 0.05) is 12.6 Å². The van der Waals surface area contributed by atoms with Crippen molar-refractivity contribution in [1.82, 2.24) is 9.80 Å². The van der Waals surface area contributed by atoms with Gasteiger partial charge in [-0.15, -0.1) is 0 Å². The summed E-state index contributed by atoms with van der Waals surface area (Å²) in [5.41, 5.74) is 1.42. The number of likely N-dealkylation sites (N-methyl/N-ethyl adjacent to an activating group) is 1. The van der Waals surface area contributed by atoms with Gasteiger partial charge in [-0.25, -0.2) is 4.79 Å². The fraction of sp³-hybridized carbons (Fsp3) is 0.357. The zero-order valence-corrected chi connectivity index (χ0v) is 11.5. The molecule has 1 heterocycles. The first kappa shape index (κ1) is 14.0. The Kier molecular flexibility index (Phi) is 4.02. The molecule has 0 aromatic heterocycles. The molecular formula is C14H16N2O4. The summed E-state index contributed by atoms with van der Waals surface area (Å²) >= 11 is 0. The molecule has 1 aromatic rings. The zero-order chi connectivity index (χ0) is 14.7. The third kappa shape index (κ3) is 2.79. The monoisotopic (exact) mass is 276 g/mol. The number of carbonyl (C=O) groups excluding carboxylic acids is 3. The molecule has 0 atom stereocenters. The van der Waals surface area contributed by atoms with Crippen LogP contribution >= 0.6 is 0 Å². The topological polar surface area (TPSA) is 66.9 Å².